The van der Waals surface area contributed by atoms with Crippen molar-refractivity contribution in [1.29, 1.82) is 5.26 Å². The summed E-state index contributed by atoms with van der Waals surface area (Å²) in [5, 5.41) is 9.03. The van der Waals surface area contributed by atoms with Gasteiger partial charge < -0.3 is 4.74 Å². The molecule has 0 bridgehead atoms. The third kappa shape index (κ3) is 1.38. The van der Waals surface area contributed by atoms with Gasteiger partial charge in [0.25, 0.3) is 0 Å². The van der Waals surface area contributed by atoms with Gasteiger partial charge in [-0.2, -0.15) is 5.26 Å². The Labute approximate surface area is 99.3 Å². The summed E-state index contributed by atoms with van der Waals surface area (Å²) in [5.41, 5.74) is 4.94. The van der Waals surface area contributed by atoms with E-state index in [0.29, 0.717) is 11.4 Å². The second kappa shape index (κ2) is 3.60. The highest BCUT2D eigenvalue weighted by atomic mass is 16.5. The number of hydrogen-bond donors (Lipinski definition) is 0. The molecule has 0 saturated heterocycles. The van der Waals surface area contributed by atoms with Gasteiger partial charge in [0.15, 0.2) is 0 Å². The average Bonchev–Trinajstić information content (AvgIpc) is 2.74. The first-order chi connectivity index (χ1) is 8.33. The van der Waals surface area contributed by atoms with Gasteiger partial charge in [0.1, 0.15) is 11.6 Å². The number of fused-ring (bicyclic) bond motifs is 3. The predicted molar refractivity (Wildman–Crippen MR) is 63.7 cm³/mol. The maximum absolute atomic E-state index is 9.03. The van der Waals surface area contributed by atoms with Crippen molar-refractivity contribution in [3.05, 3.63) is 47.0 Å². The van der Waals surface area contributed by atoms with Crippen LogP contribution in [0, 0.1) is 11.3 Å². The van der Waals surface area contributed by atoms with Crippen molar-refractivity contribution in [3.63, 3.8) is 0 Å². The lowest BCUT2D eigenvalue weighted by Gasteiger charge is -2.05. The van der Waals surface area contributed by atoms with Gasteiger partial charge in [0, 0.05) is 12.0 Å². The summed E-state index contributed by atoms with van der Waals surface area (Å²) in [6.45, 7) is 0. The van der Waals surface area contributed by atoms with Crippen LogP contribution in [-0.4, -0.2) is 12.1 Å². The van der Waals surface area contributed by atoms with E-state index in [1.165, 1.54) is 12.7 Å². The van der Waals surface area contributed by atoms with Gasteiger partial charge in [0.2, 0.25) is 5.88 Å². The standard InChI is InChI=1S/C14H10N2O/c1-17-14-11(8-15)7-10-6-9-4-2-3-5-12(9)13(10)16-14/h2-5,7H,6H2,1H3. The largest absolute Gasteiger partial charge is 0.480 e. The Kier molecular flexibility index (Phi) is 2.09. The summed E-state index contributed by atoms with van der Waals surface area (Å²) in [6.07, 6.45) is 0.844. The molecule has 1 aromatic heterocycles. The Hall–Kier alpha value is -2.34. The number of methoxy groups -OCH3 is 1. The van der Waals surface area contributed by atoms with Gasteiger partial charge >= 0.3 is 0 Å². The lowest BCUT2D eigenvalue weighted by Crippen LogP contribution is -1.95. The number of nitrogens with zero attached hydrogens (tertiary/aromatic N) is 2. The van der Waals surface area contributed by atoms with E-state index in [2.05, 4.69) is 23.2 Å². The van der Waals surface area contributed by atoms with Crippen LogP contribution in [0.15, 0.2) is 30.3 Å². The highest BCUT2D eigenvalue weighted by molar-refractivity contribution is 5.74. The molecule has 0 fully saturated rings. The number of nitriles is 1. The van der Waals surface area contributed by atoms with Crippen molar-refractivity contribution in [1.82, 2.24) is 4.98 Å². The number of pyridine rings is 1. The fraction of sp³-hybridized carbons (Fsp3) is 0.143. The number of rotatable bonds is 1. The van der Waals surface area contributed by atoms with Crippen LogP contribution in [0.4, 0.5) is 0 Å². The van der Waals surface area contributed by atoms with Crippen LogP contribution in [0.2, 0.25) is 0 Å². The van der Waals surface area contributed by atoms with Crippen LogP contribution >= 0.6 is 0 Å². The fourth-order valence-corrected chi connectivity index (χ4v) is 2.25. The first-order valence-corrected chi connectivity index (χ1v) is 5.40. The molecule has 0 radical (unpaired) electrons. The van der Waals surface area contributed by atoms with Gasteiger partial charge in [0.05, 0.1) is 12.8 Å². The van der Waals surface area contributed by atoms with Crippen molar-refractivity contribution in [2.24, 2.45) is 0 Å². The van der Waals surface area contributed by atoms with E-state index < -0.39 is 0 Å². The molecule has 0 N–H and O–H groups in total. The zero-order chi connectivity index (χ0) is 11.8. The van der Waals surface area contributed by atoms with Gasteiger partial charge in [-0.3, -0.25) is 0 Å². The first-order valence-electron chi connectivity index (χ1n) is 5.40. The van der Waals surface area contributed by atoms with E-state index in [4.69, 9.17) is 10.00 Å². The summed E-state index contributed by atoms with van der Waals surface area (Å²) >= 11 is 0. The second-order valence-corrected chi connectivity index (χ2v) is 4.00. The molecule has 3 heteroatoms. The first kappa shape index (κ1) is 9.86. The van der Waals surface area contributed by atoms with Crippen molar-refractivity contribution >= 4 is 0 Å². The Morgan fingerprint density at radius 1 is 1.29 bits per heavy atom. The Bertz CT molecular complexity index is 641. The Morgan fingerprint density at radius 2 is 2.12 bits per heavy atom. The molecule has 2 aromatic rings. The molecule has 3 nitrogen and oxygen atoms in total. The Morgan fingerprint density at radius 3 is 2.88 bits per heavy atom. The third-order valence-electron chi connectivity index (χ3n) is 3.03. The molecule has 1 aliphatic carbocycles. The van der Waals surface area contributed by atoms with Crippen LogP contribution in [0.5, 0.6) is 5.88 Å². The molecule has 0 atom stereocenters. The molecule has 82 valence electrons. The molecule has 1 heterocycles. The minimum atomic E-state index is 0.406. The van der Waals surface area contributed by atoms with Crippen LogP contribution in [0.3, 0.4) is 0 Å². The molecular formula is C14H10N2O. The van der Waals surface area contributed by atoms with Gasteiger partial charge in [-0.15, -0.1) is 0 Å². The summed E-state index contributed by atoms with van der Waals surface area (Å²) < 4.78 is 5.14. The van der Waals surface area contributed by atoms with Crippen molar-refractivity contribution in [2.45, 2.75) is 6.42 Å². The quantitative estimate of drug-likeness (QED) is 0.635. The fourth-order valence-electron chi connectivity index (χ4n) is 2.25. The van der Waals surface area contributed by atoms with Crippen LogP contribution in [-0.2, 0) is 6.42 Å². The zero-order valence-corrected chi connectivity index (χ0v) is 9.40. The molecule has 0 aliphatic heterocycles. The summed E-state index contributed by atoms with van der Waals surface area (Å²) in [4.78, 5) is 4.44. The molecule has 1 aliphatic rings. The number of benzene rings is 1. The predicted octanol–water partition coefficient (Wildman–Crippen LogP) is 2.53. The molecule has 0 saturated carbocycles. The smallest absolute Gasteiger partial charge is 0.231 e. The van der Waals surface area contributed by atoms with E-state index in [-0.39, 0.29) is 0 Å². The lowest BCUT2D eigenvalue weighted by atomic mass is 10.1. The minimum Gasteiger partial charge on any atom is -0.480 e. The summed E-state index contributed by atoms with van der Waals surface area (Å²) in [6, 6.07) is 12.2. The molecule has 17 heavy (non-hydrogen) atoms. The SMILES string of the molecule is COc1nc2c(cc1C#N)Cc1ccccc1-2. The van der Waals surface area contributed by atoms with E-state index in [9.17, 15) is 0 Å². The van der Waals surface area contributed by atoms with Crippen LogP contribution in [0.1, 0.15) is 16.7 Å². The zero-order valence-electron chi connectivity index (χ0n) is 9.40. The molecule has 0 amide bonds. The number of hydrogen-bond acceptors (Lipinski definition) is 3. The summed E-state index contributed by atoms with van der Waals surface area (Å²) in [5.74, 6) is 0.406. The van der Waals surface area contributed by atoms with E-state index in [0.717, 1.165) is 23.2 Å². The normalized spacial score (nSPS) is 11.5. The topological polar surface area (TPSA) is 45.9 Å². The van der Waals surface area contributed by atoms with Crippen LogP contribution < -0.4 is 4.74 Å². The van der Waals surface area contributed by atoms with Crippen molar-refractivity contribution < 1.29 is 4.74 Å². The molecule has 0 spiro atoms. The van der Waals surface area contributed by atoms with E-state index in [1.54, 1.807) is 0 Å². The van der Waals surface area contributed by atoms with Gasteiger partial charge in [-0.25, -0.2) is 4.98 Å². The molecule has 0 unspecified atom stereocenters. The van der Waals surface area contributed by atoms with Crippen molar-refractivity contribution in [2.75, 3.05) is 7.11 Å². The van der Waals surface area contributed by atoms with E-state index >= 15 is 0 Å². The Balaban J connectivity index is 2.25. The molecular weight excluding hydrogens is 212 g/mol. The molecule has 3 rings (SSSR count). The van der Waals surface area contributed by atoms with Crippen molar-refractivity contribution in [3.8, 4) is 23.2 Å². The highest BCUT2D eigenvalue weighted by Crippen LogP contribution is 2.37. The average molecular weight is 222 g/mol. The summed E-state index contributed by atoms with van der Waals surface area (Å²) in [7, 11) is 1.54. The number of ether oxygens (including phenoxy) is 1. The maximum atomic E-state index is 9.03. The van der Waals surface area contributed by atoms with E-state index in [1.807, 2.05) is 18.2 Å². The third-order valence-corrected chi connectivity index (χ3v) is 3.03. The van der Waals surface area contributed by atoms with Gasteiger partial charge in [-0.05, 0) is 17.2 Å². The minimum absolute atomic E-state index is 0.406. The highest BCUT2D eigenvalue weighted by Gasteiger charge is 2.21. The lowest BCUT2D eigenvalue weighted by molar-refractivity contribution is 0.397. The molecule has 1 aromatic carbocycles. The maximum Gasteiger partial charge on any atom is 0.231 e. The van der Waals surface area contributed by atoms with Crippen LogP contribution in [0.25, 0.3) is 11.3 Å². The number of aromatic nitrogens is 1. The van der Waals surface area contributed by atoms with Gasteiger partial charge in [-0.1, -0.05) is 24.3 Å². The monoisotopic (exact) mass is 222 g/mol. The second-order valence-electron chi connectivity index (χ2n) is 4.00.